The number of methoxy groups -OCH3 is 1. The van der Waals surface area contributed by atoms with Gasteiger partial charge < -0.3 is 48.8 Å². The number of aromatic hydroxyl groups is 1. The maximum Gasteiger partial charge on any atom is 0.337 e. The zero-order valence-electron chi connectivity index (χ0n) is 21.1. The van der Waals surface area contributed by atoms with Crippen molar-refractivity contribution >= 4 is 24.0 Å². The number of phenols is 1. The number of hydrogen-bond acceptors (Lipinski definition) is 13. The highest BCUT2D eigenvalue weighted by Gasteiger charge is 2.52. The number of rotatable bonds is 7. The van der Waals surface area contributed by atoms with Gasteiger partial charge in [-0.2, -0.15) is 0 Å². The molecule has 3 aliphatic rings. The van der Waals surface area contributed by atoms with Gasteiger partial charge in [0.25, 0.3) is 0 Å². The topological polar surface area (TPSA) is 188 Å². The van der Waals surface area contributed by atoms with E-state index in [1.54, 1.807) is 19.1 Å². The normalized spacial score (nSPS) is 34.3. The number of esters is 3. The third-order valence-electron chi connectivity index (χ3n) is 6.81. The molecule has 0 aromatic heterocycles. The van der Waals surface area contributed by atoms with Gasteiger partial charge in [0, 0.05) is 12.0 Å². The van der Waals surface area contributed by atoms with Crippen LogP contribution < -0.4 is 0 Å². The molecule has 13 nitrogen and oxygen atoms in total. The lowest BCUT2D eigenvalue weighted by atomic mass is 9.77. The number of fused-ring (bicyclic) bond motifs is 1. The van der Waals surface area contributed by atoms with Crippen LogP contribution in [0, 0.1) is 11.8 Å². The lowest BCUT2D eigenvalue weighted by molar-refractivity contribution is -0.346. The summed E-state index contributed by atoms with van der Waals surface area (Å²) in [7, 11) is 1.19. The first-order chi connectivity index (χ1) is 18.6. The summed E-state index contributed by atoms with van der Waals surface area (Å²) >= 11 is 0. The fourth-order valence-corrected chi connectivity index (χ4v) is 4.72. The van der Waals surface area contributed by atoms with E-state index in [-0.39, 0.29) is 17.7 Å². The van der Waals surface area contributed by atoms with Crippen LogP contribution in [0.1, 0.15) is 18.9 Å². The Morgan fingerprint density at radius 2 is 1.79 bits per heavy atom. The number of benzene rings is 1. The fourth-order valence-electron chi connectivity index (χ4n) is 4.72. The molecule has 1 aromatic rings. The van der Waals surface area contributed by atoms with Crippen LogP contribution >= 0.6 is 0 Å². The summed E-state index contributed by atoms with van der Waals surface area (Å²) in [5.41, 5.74) is 0.750. The van der Waals surface area contributed by atoms with Gasteiger partial charge in [-0.1, -0.05) is 12.1 Å². The van der Waals surface area contributed by atoms with Gasteiger partial charge in [0.2, 0.25) is 6.29 Å². The number of carbonyl (C=O) groups is 3. The molecule has 0 aliphatic carbocycles. The third kappa shape index (κ3) is 6.40. The van der Waals surface area contributed by atoms with Crippen molar-refractivity contribution < 1.29 is 63.2 Å². The maximum atomic E-state index is 12.2. The molecular weight excluding hydrogens is 520 g/mol. The van der Waals surface area contributed by atoms with Gasteiger partial charge >= 0.3 is 17.9 Å². The van der Waals surface area contributed by atoms with Gasteiger partial charge in [0.15, 0.2) is 6.29 Å². The number of ether oxygens (including phenoxy) is 6. The lowest BCUT2D eigenvalue weighted by Crippen LogP contribution is -2.61. The first kappa shape index (κ1) is 28.5. The van der Waals surface area contributed by atoms with Gasteiger partial charge in [-0.05, 0) is 30.7 Å². The van der Waals surface area contributed by atoms with Gasteiger partial charge in [0.05, 0.1) is 31.3 Å². The molecule has 2 fully saturated rings. The summed E-state index contributed by atoms with van der Waals surface area (Å²) in [6.07, 6.45) is -6.22. The fraction of sp³-hybridized carbons (Fsp3) is 0.500. The van der Waals surface area contributed by atoms with Crippen LogP contribution in [0.15, 0.2) is 42.2 Å². The van der Waals surface area contributed by atoms with Gasteiger partial charge in [0.1, 0.15) is 42.9 Å². The Kier molecular flexibility index (Phi) is 8.87. The van der Waals surface area contributed by atoms with Gasteiger partial charge in [-0.3, -0.25) is 4.79 Å². The van der Waals surface area contributed by atoms with E-state index in [2.05, 4.69) is 0 Å². The Morgan fingerprint density at radius 1 is 1.08 bits per heavy atom. The number of hydrogen-bond donors (Lipinski definition) is 4. The predicted octanol–water partition coefficient (Wildman–Crippen LogP) is -0.246. The summed E-state index contributed by atoms with van der Waals surface area (Å²) in [5.74, 6) is -3.26. The van der Waals surface area contributed by atoms with Crippen molar-refractivity contribution in [3.05, 3.63) is 47.7 Å². The van der Waals surface area contributed by atoms with E-state index in [1.165, 1.54) is 25.3 Å². The molecule has 1 aromatic carbocycles. The number of aliphatic hydroxyl groups is 3. The van der Waals surface area contributed by atoms with Crippen LogP contribution in [0.25, 0.3) is 6.08 Å². The first-order valence-corrected chi connectivity index (χ1v) is 12.2. The molecule has 0 spiro atoms. The highest BCUT2D eigenvalue weighted by molar-refractivity contribution is 5.90. The minimum atomic E-state index is -1.72. The van der Waals surface area contributed by atoms with E-state index >= 15 is 0 Å². The van der Waals surface area contributed by atoms with Crippen LogP contribution in [0.2, 0.25) is 0 Å². The van der Waals surface area contributed by atoms with Crippen molar-refractivity contribution in [2.45, 2.75) is 56.4 Å². The van der Waals surface area contributed by atoms with Gasteiger partial charge in [-0.25, -0.2) is 9.59 Å². The average Bonchev–Trinajstić information content (AvgIpc) is 2.91. The molecular formula is C26H30O13. The van der Waals surface area contributed by atoms with Crippen molar-refractivity contribution in [1.82, 2.24) is 0 Å². The quantitative estimate of drug-likeness (QED) is 0.198. The molecule has 0 radical (unpaired) electrons. The minimum Gasteiger partial charge on any atom is -0.508 e. The van der Waals surface area contributed by atoms with Crippen molar-refractivity contribution in [2.24, 2.45) is 11.8 Å². The Labute approximate surface area is 223 Å². The predicted molar refractivity (Wildman–Crippen MR) is 128 cm³/mol. The Bertz CT molecular complexity index is 1110. The lowest BCUT2D eigenvalue weighted by Gasteiger charge is -2.45. The Balaban J connectivity index is 1.42. The summed E-state index contributed by atoms with van der Waals surface area (Å²) in [5, 5.41) is 40.6. The summed E-state index contributed by atoms with van der Waals surface area (Å²) in [4.78, 5) is 36.4. The zero-order chi connectivity index (χ0) is 28.3. The number of phenolic OH excluding ortho intramolecular Hbond substituents is 1. The van der Waals surface area contributed by atoms with E-state index in [9.17, 15) is 34.8 Å². The molecule has 0 bridgehead atoms. The summed E-state index contributed by atoms with van der Waals surface area (Å²) in [6, 6.07) is 6.07. The maximum absolute atomic E-state index is 12.2. The number of carbonyl (C=O) groups excluding carboxylic acids is 3. The van der Waals surface area contributed by atoms with Crippen molar-refractivity contribution in [3.63, 3.8) is 0 Å². The number of cyclic esters (lactones) is 1. The molecule has 0 saturated carbocycles. The molecule has 9 atom stereocenters. The zero-order valence-corrected chi connectivity index (χ0v) is 21.1. The van der Waals surface area contributed by atoms with E-state index < -0.39 is 79.5 Å². The van der Waals surface area contributed by atoms with E-state index in [0.29, 0.717) is 5.56 Å². The molecule has 39 heavy (non-hydrogen) atoms. The minimum absolute atomic E-state index is 0.0729. The van der Waals surface area contributed by atoms with Crippen molar-refractivity contribution in [3.8, 4) is 5.75 Å². The SMILES string of the molecule is COC(=O)C1=CO[C@@H](O[C@@H]2O[C@H](COC(=O)/C=C\c3ccc(O)cc3)[C@@H](O)[C@H](O)[C@H]2O)[C@H]2[C@@H]1CC(=O)O[C@@H]2C. The highest BCUT2D eigenvalue weighted by atomic mass is 16.8. The first-order valence-electron chi connectivity index (χ1n) is 12.2. The van der Waals surface area contributed by atoms with Crippen LogP contribution in [-0.4, -0.2) is 95.2 Å². The number of aliphatic hydroxyl groups excluding tert-OH is 3. The molecule has 0 unspecified atom stereocenters. The molecule has 4 N–H and O–H groups in total. The van der Waals surface area contributed by atoms with E-state index in [0.717, 1.165) is 12.3 Å². The standard InChI is InChI=1S/C26H30O13/c1-12-20-15(9-19(29)37-12)16(24(33)34-2)10-36-25(20)39-26-23(32)22(31)21(30)17(38-26)11-35-18(28)8-5-13-3-6-14(27)7-4-13/h3-8,10,12,15,17,20-23,25-27,30-32H,9,11H2,1-2H3/b8-5-/t12-,15-,17-,20-,21-,22+,23-,25+,26+/m1/s1. The largest absolute Gasteiger partial charge is 0.508 e. The molecule has 3 heterocycles. The van der Waals surface area contributed by atoms with Crippen LogP contribution in [-0.2, 0) is 42.8 Å². The highest BCUT2D eigenvalue weighted by Crippen LogP contribution is 2.41. The summed E-state index contributed by atoms with van der Waals surface area (Å²) in [6.45, 7) is 1.11. The van der Waals surface area contributed by atoms with E-state index in [4.69, 9.17) is 28.4 Å². The molecule has 2 saturated heterocycles. The van der Waals surface area contributed by atoms with Crippen molar-refractivity contribution in [1.29, 1.82) is 0 Å². The second-order valence-electron chi connectivity index (χ2n) is 9.36. The molecule has 3 aliphatic heterocycles. The van der Waals surface area contributed by atoms with Crippen LogP contribution in [0.3, 0.4) is 0 Å². The van der Waals surface area contributed by atoms with Gasteiger partial charge in [-0.15, -0.1) is 0 Å². The third-order valence-corrected chi connectivity index (χ3v) is 6.81. The second kappa shape index (κ2) is 12.1. The average molecular weight is 551 g/mol. The Hall–Kier alpha value is -3.49. The van der Waals surface area contributed by atoms with E-state index in [1.807, 2.05) is 0 Å². The molecule has 0 amide bonds. The smallest absolute Gasteiger partial charge is 0.337 e. The molecule has 212 valence electrons. The second-order valence-corrected chi connectivity index (χ2v) is 9.36. The molecule has 4 rings (SSSR count). The summed E-state index contributed by atoms with van der Waals surface area (Å²) < 4.78 is 32.3. The van der Waals surface area contributed by atoms with Crippen molar-refractivity contribution in [2.75, 3.05) is 13.7 Å². The Morgan fingerprint density at radius 3 is 2.49 bits per heavy atom. The van der Waals surface area contributed by atoms with Crippen LogP contribution in [0.5, 0.6) is 5.75 Å². The monoisotopic (exact) mass is 550 g/mol. The van der Waals surface area contributed by atoms with Crippen LogP contribution in [0.4, 0.5) is 0 Å². The molecule has 13 heteroatoms.